The molecular formula is C10H8FNO. The maximum atomic E-state index is 12.8. The van der Waals surface area contributed by atoms with Crippen LogP contribution in [-0.4, -0.2) is 10.1 Å². The van der Waals surface area contributed by atoms with Crippen LogP contribution in [0.4, 0.5) is 4.39 Å². The minimum Gasteiger partial charge on any atom is -0.392 e. The van der Waals surface area contributed by atoms with Crippen molar-refractivity contribution >= 4 is 10.9 Å². The lowest BCUT2D eigenvalue weighted by Crippen LogP contribution is -1.88. The van der Waals surface area contributed by atoms with Gasteiger partial charge in [-0.1, -0.05) is 0 Å². The first-order valence-corrected chi connectivity index (χ1v) is 3.95. The molecule has 66 valence electrons. The summed E-state index contributed by atoms with van der Waals surface area (Å²) in [6, 6.07) is 6.02. The molecule has 1 heterocycles. The van der Waals surface area contributed by atoms with Crippen molar-refractivity contribution < 1.29 is 9.50 Å². The first kappa shape index (κ1) is 8.13. The lowest BCUT2D eigenvalue weighted by atomic mass is 10.1. The predicted molar refractivity (Wildman–Crippen MR) is 47.6 cm³/mol. The Morgan fingerprint density at radius 2 is 2.15 bits per heavy atom. The number of hydrogen-bond donors (Lipinski definition) is 1. The number of aliphatic hydroxyl groups is 1. The van der Waals surface area contributed by atoms with Crippen molar-refractivity contribution in [3.05, 3.63) is 41.8 Å². The SMILES string of the molecule is OCc1ccnc2ccc(F)cc12. The Bertz CT molecular complexity index is 442. The minimum atomic E-state index is -0.310. The second-order valence-electron chi connectivity index (χ2n) is 2.79. The van der Waals surface area contributed by atoms with Crippen LogP contribution < -0.4 is 0 Å². The van der Waals surface area contributed by atoms with Crippen molar-refractivity contribution in [3.8, 4) is 0 Å². The third kappa shape index (κ3) is 1.38. The molecule has 0 aliphatic heterocycles. The van der Waals surface area contributed by atoms with Gasteiger partial charge in [0.25, 0.3) is 0 Å². The van der Waals surface area contributed by atoms with Gasteiger partial charge in [0.2, 0.25) is 0 Å². The molecule has 0 unspecified atom stereocenters. The Morgan fingerprint density at radius 1 is 1.31 bits per heavy atom. The number of benzene rings is 1. The topological polar surface area (TPSA) is 33.1 Å². The van der Waals surface area contributed by atoms with Crippen LogP contribution in [0.15, 0.2) is 30.5 Å². The molecule has 2 nitrogen and oxygen atoms in total. The molecule has 0 atom stereocenters. The zero-order valence-electron chi connectivity index (χ0n) is 6.87. The first-order valence-electron chi connectivity index (χ1n) is 3.95. The predicted octanol–water partition coefficient (Wildman–Crippen LogP) is 1.87. The number of nitrogens with zero attached hydrogens (tertiary/aromatic N) is 1. The molecule has 2 aromatic rings. The molecule has 0 saturated heterocycles. The van der Waals surface area contributed by atoms with E-state index >= 15 is 0 Å². The number of halogens is 1. The van der Waals surface area contributed by atoms with Gasteiger partial charge in [-0.3, -0.25) is 4.98 Å². The zero-order valence-corrected chi connectivity index (χ0v) is 6.87. The summed E-state index contributed by atoms with van der Waals surface area (Å²) in [5.74, 6) is -0.310. The highest BCUT2D eigenvalue weighted by Gasteiger charge is 2.01. The molecule has 1 aromatic carbocycles. The Morgan fingerprint density at radius 3 is 2.92 bits per heavy atom. The fourth-order valence-corrected chi connectivity index (χ4v) is 1.31. The Labute approximate surface area is 74.7 Å². The molecule has 0 saturated carbocycles. The maximum absolute atomic E-state index is 12.8. The quantitative estimate of drug-likeness (QED) is 0.721. The molecule has 0 fully saturated rings. The van der Waals surface area contributed by atoms with E-state index in [-0.39, 0.29) is 12.4 Å². The van der Waals surface area contributed by atoms with E-state index in [0.29, 0.717) is 16.5 Å². The van der Waals surface area contributed by atoms with Gasteiger partial charge in [-0.15, -0.1) is 0 Å². The van der Waals surface area contributed by atoms with Crippen molar-refractivity contribution in [2.75, 3.05) is 0 Å². The second-order valence-corrected chi connectivity index (χ2v) is 2.79. The molecule has 3 heteroatoms. The zero-order chi connectivity index (χ0) is 9.26. The van der Waals surface area contributed by atoms with E-state index in [1.165, 1.54) is 12.1 Å². The average Bonchev–Trinajstić information content (AvgIpc) is 2.17. The number of pyridine rings is 1. The molecule has 0 radical (unpaired) electrons. The monoisotopic (exact) mass is 177 g/mol. The highest BCUT2D eigenvalue weighted by Crippen LogP contribution is 2.17. The first-order chi connectivity index (χ1) is 6.31. The Hall–Kier alpha value is -1.48. The van der Waals surface area contributed by atoms with Gasteiger partial charge in [0.1, 0.15) is 5.82 Å². The lowest BCUT2D eigenvalue weighted by molar-refractivity contribution is 0.283. The highest BCUT2D eigenvalue weighted by molar-refractivity contribution is 5.81. The summed E-state index contributed by atoms with van der Waals surface area (Å²) in [5, 5.41) is 9.65. The average molecular weight is 177 g/mol. The summed E-state index contributed by atoms with van der Waals surface area (Å²) in [5.41, 5.74) is 1.40. The molecule has 2 rings (SSSR count). The van der Waals surface area contributed by atoms with Crippen molar-refractivity contribution in [2.24, 2.45) is 0 Å². The number of aliphatic hydroxyl groups excluding tert-OH is 1. The maximum Gasteiger partial charge on any atom is 0.123 e. The van der Waals surface area contributed by atoms with Crippen LogP contribution in [0.5, 0.6) is 0 Å². The van der Waals surface area contributed by atoms with Crippen molar-refractivity contribution in [2.45, 2.75) is 6.61 Å². The fraction of sp³-hybridized carbons (Fsp3) is 0.100. The van der Waals surface area contributed by atoms with E-state index in [2.05, 4.69) is 4.98 Å². The number of rotatable bonds is 1. The van der Waals surface area contributed by atoms with Crippen molar-refractivity contribution in [1.82, 2.24) is 4.98 Å². The van der Waals surface area contributed by atoms with E-state index in [1.807, 2.05) is 0 Å². The third-order valence-electron chi connectivity index (χ3n) is 1.96. The molecular weight excluding hydrogens is 169 g/mol. The van der Waals surface area contributed by atoms with E-state index in [9.17, 15) is 4.39 Å². The van der Waals surface area contributed by atoms with Crippen molar-refractivity contribution in [3.63, 3.8) is 0 Å². The summed E-state index contributed by atoms with van der Waals surface area (Å²) in [4.78, 5) is 4.05. The normalized spacial score (nSPS) is 10.6. The van der Waals surface area contributed by atoms with Gasteiger partial charge in [0.05, 0.1) is 12.1 Å². The van der Waals surface area contributed by atoms with Gasteiger partial charge >= 0.3 is 0 Å². The van der Waals surface area contributed by atoms with Crippen molar-refractivity contribution in [1.29, 1.82) is 0 Å². The summed E-state index contributed by atoms with van der Waals surface area (Å²) >= 11 is 0. The highest BCUT2D eigenvalue weighted by atomic mass is 19.1. The van der Waals surface area contributed by atoms with Crippen LogP contribution in [-0.2, 0) is 6.61 Å². The molecule has 0 aliphatic carbocycles. The number of hydrogen-bond acceptors (Lipinski definition) is 2. The van der Waals surface area contributed by atoms with Crippen LogP contribution in [0.1, 0.15) is 5.56 Å². The summed E-state index contributed by atoms with van der Waals surface area (Å²) in [7, 11) is 0. The second kappa shape index (κ2) is 3.11. The van der Waals surface area contributed by atoms with Gasteiger partial charge in [0, 0.05) is 11.6 Å². The van der Waals surface area contributed by atoms with E-state index in [0.717, 1.165) is 0 Å². The van der Waals surface area contributed by atoms with Crippen LogP contribution in [0, 0.1) is 5.82 Å². The third-order valence-corrected chi connectivity index (χ3v) is 1.96. The summed E-state index contributed by atoms with van der Waals surface area (Å²) in [6.07, 6.45) is 1.60. The van der Waals surface area contributed by atoms with Gasteiger partial charge in [-0.25, -0.2) is 4.39 Å². The standard InChI is InChI=1S/C10H8FNO/c11-8-1-2-10-9(5-8)7(6-13)3-4-12-10/h1-5,13H,6H2. The smallest absolute Gasteiger partial charge is 0.123 e. The molecule has 0 aliphatic rings. The van der Waals surface area contributed by atoms with Crippen LogP contribution in [0.2, 0.25) is 0 Å². The molecule has 0 spiro atoms. The lowest BCUT2D eigenvalue weighted by Gasteiger charge is -2.01. The molecule has 1 N–H and O–H groups in total. The molecule has 0 bridgehead atoms. The molecule has 13 heavy (non-hydrogen) atoms. The summed E-state index contributed by atoms with van der Waals surface area (Å²) in [6.45, 7) is -0.0948. The minimum absolute atomic E-state index is 0.0948. The van der Waals surface area contributed by atoms with Gasteiger partial charge < -0.3 is 5.11 Å². The number of aromatic nitrogens is 1. The Balaban J connectivity index is 2.79. The summed E-state index contributed by atoms with van der Waals surface area (Å²) < 4.78 is 12.8. The molecule has 0 amide bonds. The van der Waals surface area contributed by atoms with Crippen LogP contribution in [0.3, 0.4) is 0 Å². The fourth-order valence-electron chi connectivity index (χ4n) is 1.31. The van der Waals surface area contributed by atoms with E-state index in [4.69, 9.17) is 5.11 Å². The largest absolute Gasteiger partial charge is 0.392 e. The Kier molecular flexibility index (Phi) is 1.94. The molecule has 1 aromatic heterocycles. The van der Waals surface area contributed by atoms with E-state index in [1.54, 1.807) is 18.3 Å². The van der Waals surface area contributed by atoms with Gasteiger partial charge in [-0.2, -0.15) is 0 Å². The van der Waals surface area contributed by atoms with Crippen LogP contribution >= 0.6 is 0 Å². The van der Waals surface area contributed by atoms with E-state index < -0.39 is 0 Å². The number of fused-ring (bicyclic) bond motifs is 1. The van der Waals surface area contributed by atoms with Gasteiger partial charge in [0.15, 0.2) is 0 Å². The van der Waals surface area contributed by atoms with Crippen LogP contribution in [0.25, 0.3) is 10.9 Å². The van der Waals surface area contributed by atoms with Gasteiger partial charge in [-0.05, 0) is 29.8 Å².